The Hall–Kier alpha value is -1.87. The standard InChI is InChI=1S/C17H23N5O2S2/c1-4-6-8-22-14-13(15(23)20-16(22)24)21(7-5-2)12(19-14)10-26-17-18-11(3)9-25-17/h9H,4-8,10H2,1-3H3,(H,20,23,24). The first-order valence-electron chi connectivity index (χ1n) is 8.82. The van der Waals surface area contributed by atoms with E-state index in [0.717, 1.165) is 35.1 Å². The zero-order valence-electron chi connectivity index (χ0n) is 15.2. The monoisotopic (exact) mass is 393 g/mol. The maximum atomic E-state index is 12.5. The first kappa shape index (κ1) is 18.9. The highest BCUT2D eigenvalue weighted by Gasteiger charge is 2.18. The van der Waals surface area contributed by atoms with Crippen LogP contribution < -0.4 is 11.2 Å². The Morgan fingerprint density at radius 2 is 1.96 bits per heavy atom. The van der Waals surface area contributed by atoms with Gasteiger partial charge in [-0.1, -0.05) is 32.0 Å². The molecule has 3 heterocycles. The molecule has 7 nitrogen and oxygen atoms in total. The number of nitrogens with one attached hydrogen (secondary N) is 1. The molecule has 1 N–H and O–H groups in total. The second-order valence-corrected chi connectivity index (χ2v) is 8.24. The number of rotatable bonds is 8. The molecule has 0 saturated heterocycles. The fourth-order valence-corrected chi connectivity index (χ4v) is 4.64. The van der Waals surface area contributed by atoms with Crippen LogP contribution in [0.5, 0.6) is 0 Å². The van der Waals surface area contributed by atoms with E-state index in [4.69, 9.17) is 0 Å². The van der Waals surface area contributed by atoms with Gasteiger partial charge in [0.2, 0.25) is 0 Å². The minimum absolute atomic E-state index is 0.361. The molecule has 0 saturated carbocycles. The zero-order valence-corrected chi connectivity index (χ0v) is 16.9. The van der Waals surface area contributed by atoms with E-state index in [1.165, 1.54) is 0 Å². The van der Waals surface area contributed by atoms with Crippen LogP contribution in [0.4, 0.5) is 0 Å². The van der Waals surface area contributed by atoms with Crippen LogP contribution in [0.15, 0.2) is 19.3 Å². The number of aromatic amines is 1. The first-order chi connectivity index (χ1) is 12.5. The molecule has 140 valence electrons. The van der Waals surface area contributed by atoms with Gasteiger partial charge in [0.25, 0.3) is 5.56 Å². The number of fused-ring (bicyclic) bond motifs is 1. The molecule has 0 unspecified atom stereocenters. The molecule has 0 spiro atoms. The van der Waals surface area contributed by atoms with E-state index in [2.05, 4.69) is 28.8 Å². The van der Waals surface area contributed by atoms with E-state index in [-0.39, 0.29) is 11.2 Å². The highest BCUT2D eigenvalue weighted by molar-refractivity contribution is 8.00. The highest BCUT2D eigenvalue weighted by Crippen LogP contribution is 2.27. The first-order valence-corrected chi connectivity index (χ1v) is 10.7. The van der Waals surface area contributed by atoms with E-state index in [1.54, 1.807) is 27.7 Å². The number of thioether (sulfide) groups is 1. The van der Waals surface area contributed by atoms with Crippen LogP contribution in [0.3, 0.4) is 0 Å². The number of thiazole rings is 1. The summed E-state index contributed by atoms with van der Waals surface area (Å²) in [5.41, 5.74) is 1.25. The van der Waals surface area contributed by atoms with Gasteiger partial charge >= 0.3 is 5.69 Å². The molecule has 0 aliphatic carbocycles. The molecule has 0 amide bonds. The molecule has 3 rings (SSSR count). The van der Waals surface area contributed by atoms with Crippen LogP contribution in [0.2, 0.25) is 0 Å². The summed E-state index contributed by atoms with van der Waals surface area (Å²) in [5.74, 6) is 1.42. The normalized spacial score (nSPS) is 11.5. The molecule has 0 atom stereocenters. The fourth-order valence-electron chi connectivity index (χ4n) is 2.84. The number of unbranched alkanes of at least 4 members (excludes halogenated alkanes) is 1. The van der Waals surface area contributed by atoms with Gasteiger partial charge in [0.15, 0.2) is 15.5 Å². The van der Waals surface area contributed by atoms with Gasteiger partial charge in [-0.15, -0.1) is 11.3 Å². The molecule has 0 fully saturated rings. The van der Waals surface area contributed by atoms with Gasteiger partial charge in [-0.25, -0.2) is 14.8 Å². The van der Waals surface area contributed by atoms with Gasteiger partial charge in [0.05, 0.1) is 5.75 Å². The van der Waals surface area contributed by atoms with E-state index >= 15 is 0 Å². The van der Waals surface area contributed by atoms with Crippen LogP contribution >= 0.6 is 23.1 Å². The summed E-state index contributed by atoms with van der Waals surface area (Å²) in [6.07, 6.45) is 2.71. The Bertz CT molecular complexity index is 1010. The Balaban J connectivity index is 2.06. The van der Waals surface area contributed by atoms with Gasteiger partial charge in [-0.2, -0.15) is 0 Å². The Morgan fingerprint density at radius 1 is 1.15 bits per heavy atom. The van der Waals surface area contributed by atoms with Crippen LogP contribution in [0, 0.1) is 6.92 Å². The summed E-state index contributed by atoms with van der Waals surface area (Å²) in [4.78, 5) is 36.3. The Morgan fingerprint density at radius 3 is 2.62 bits per heavy atom. The third kappa shape index (κ3) is 3.78. The van der Waals surface area contributed by atoms with Crippen molar-refractivity contribution < 1.29 is 0 Å². The van der Waals surface area contributed by atoms with Crippen molar-refractivity contribution in [1.82, 2.24) is 24.1 Å². The molecule has 0 bridgehead atoms. The molecule has 26 heavy (non-hydrogen) atoms. The zero-order chi connectivity index (χ0) is 18.7. The summed E-state index contributed by atoms with van der Waals surface area (Å²) in [5, 5.41) is 2.02. The average Bonchev–Trinajstić information content (AvgIpc) is 3.17. The van der Waals surface area contributed by atoms with Gasteiger partial charge in [-0.3, -0.25) is 14.3 Å². The van der Waals surface area contributed by atoms with Crippen molar-refractivity contribution in [1.29, 1.82) is 0 Å². The molecular weight excluding hydrogens is 370 g/mol. The molecule has 0 aromatic carbocycles. The largest absolute Gasteiger partial charge is 0.330 e. The third-order valence-electron chi connectivity index (χ3n) is 4.07. The summed E-state index contributed by atoms with van der Waals surface area (Å²) in [6, 6.07) is 0. The number of aromatic nitrogens is 5. The summed E-state index contributed by atoms with van der Waals surface area (Å²) in [6.45, 7) is 7.36. The molecule has 0 radical (unpaired) electrons. The molecule has 0 aliphatic rings. The molecule has 0 aliphatic heterocycles. The van der Waals surface area contributed by atoms with Gasteiger partial charge in [-0.05, 0) is 19.8 Å². The number of aryl methyl sites for hydroxylation is 3. The summed E-state index contributed by atoms with van der Waals surface area (Å²) >= 11 is 3.21. The van der Waals surface area contributed by atoms with Gasteiger partial charge in [0, 0.05) is 24.2 Å². The second-order valence-electron chi connectivity index (χ2n) is 6.16. The minimum atomic E-state index is -0.383. The van der Waals surface area contributed by atoms with E-state index in [0.29, 0.717) is 30.0 Å². The number of imidazole rings is 1. The third-order valence-corrected chi connectivity index (χ3v) is 6.20. The van der Waals surface area contributed by atoms with Gasteiger partial charge < -0.3 is 4.57 Å². The lowest BCUT2D eigenvalue weighted by atomic mass is 10.3. The lowest BCUT2D eigenvalue weighted by Gasteiger charge is -2.07. The number of nitrogens with zero attached hydrogens (tertiary/aromatic N) is 4. The average molecular weight is 394 g/mol. The van der Waals surface area contributed by atoms with Crippen molar-refractivity contribution in [3.05, 3.63) is 37.7 Å². The predicted molar refractivity (Wildman–Crippen MR) is 106 cm³/mol. The SMILES string of the molecule is CCCCn1c(=O)[nH]c(=O)c2c1nc(CSc1nc(C)cs1)n2CCC. The lowest BCUT2D eigenvalue weighted by Crippen LogP contribution is -2.31. The van der Waals surface area contributed by atoms with Crippen LogP contribution in [0.1, 0.15) is 44.6 Å². The van der Waals surface area contributed by atoms with E-state index in [1.807, 2.05) is 16.9 Å². The van der Waals surface area contributed by atoms with Crippen LogP contribution in [0.25, 0.3) is 11.2 Å². The second kappa shape index (κ2) is 8.22. The molecular formula is C17H23N5O2S2. The van der Waals surface area contributed by atoms with Crippen LogP contribution in [-0.4, -0.2) is 24.1 Å². The molecule has 3 aromatic rings. The maximum Gasteiger partial charge on any atom is 0.330 e. The Labute approximate surface area is 159 Å². The topological polar surface area (TPSA) is 85.6 Å². The smallest absolute Gasteiger partial charge is 0.321 e. The van der Waals surface area contributed by atoms with Crippen molar-refractivity contribution in [2.75, 3.05) is 0 Å². The van der Waals surface area contributed by atoms with Crippen molar-refractivity contribution in [2.24, 2.45) is 0 Å². The van der Waals surface area contributed by atoms with Gasteiger partial charge in [0.1, 0.15) is 5.82 Å². The summed E-state index contributed by atoms with van der Waals surface area (Å²) in [7, 11) is 0. The number of H-pyrrole nitrogens is 1. The van der Waals surface area contributed by atoms with Crippen molar-refractivity contribution >= 4 is 34.3 Å². The minimum Gasteiger partial charge on any atom is -0.321 e. The Kier molecular flexibility index (Phi) is 5.98. The predicted octanol–water partition coefficient (Wildman–Crippen LogP) is 3.15. The molecule has 3 aromatic heterocycles. The van der Waals surface area contributed by atoms with Crippen LogP contribution in [-0.2, 0) is 18.8 Å². The lowest BCUT2D eigenvalue weighted by molar-refractivity contribution is 0.612. The van der Waals surface area contributed by atoms with E-state index in [9.17, 15) is 9.59 Å². The number of hydrogen-bond acceptors (Lipinski definition) is 6. The number of hydrogen-bond donors (Lipinski definition) is 1. The quantitative estimate of drug-likeness (QED) is 0.594. The van der Waals surface area contributed by atoms with Crippen molar-refractivity contribution in [3.63, 3.8) is 0 Å². The molecule has 9 heteroatoms. The maximum absolute atomic E-state index is 12.5. The highest BCUT2D eigenvalue weighted by atomic mass is 32.2. The summed E-state index contributed by atoms with van der Waals surface area (Å²) < 4.78 is 4.52. The fraction of sp³-hybridized carbons (Fsp3) is 0.529. The van der Waals surface area contributed by atoms with E-state index < -0.39 is 0 Å². The van der Waals surface area contributed by atoms with Crippen molar-refractivity contribution in [3.8, 4) is 0 Å². The van der Waals surface area contributed by atoms with Crippen molar-refractivity contribution in [2.45, 2.75) is 63.2 Å².